The topological polar surface area (TPSA) is 195 Å². The molecule has 16 heteroatoms. The van der Waals surface area contributed by atoms with Crippen LogP contribution in [0.2, 0.25) is 0 Å². The molecule has 16 nitrogen and oxygen atoms in total. The van der Waals surface area contributed by atoms with Crippen LogP contribution in [0.3, 0.4) is 0 Å². The summed E-state index contributed by atoms with van der Waals surface area (Å²) in [6, 6.07) is 24.0. The molecule has 2 fully saturated rings. The van der Waals surface area contributed by atoms with Crippen LogP contribution in [-0.4, -0.2) is 111 Å². The summed E-state index contributed by atoms with van der Waals surface area (Å²) in [5.74, 6) is -4.51. The van der Waals surface area contributed by atoms with Crippen LogP contribution in [-0.2, 0) is 61.8 Å². The van der Waals surface area contributed by atoms with Crippen LogP contribution in [0.1, 0.15) is 58.3 Å². The first-order valence-electron chi connectivity index (χ1n) is 17.6. The highest BCUT2D eigenvalue weighted by Crippen LogP contribution is 2.33. The maximum absolute atomic E-state index is 13.7. The lowest BCUT2D eigenvalue weighted by molar-refractivity contribution is -0.311. The zero-order valence-electron chi connectivity index (χ0n) is 31.0. The Labute approximate surface area is 322 Å². The van der Waals surface area contributed by atoms with E-state index in [-0.39, 0.29) is 29.7 Å². The molecule has 2 aliphatic heterocycles. The molecule has 0 saturated carbocycles. The number of benzene rings is 3. The fraction of sp³-hybridized carbons (Fsp3) is 0.400. The molecule has 0 amide bonds. The Kier molecular flexibility index (Phi) is 14.6. The maximum Gasteiger partial charge on any atom is 0.338 e. The predicted octanol–water partition coefficient (Wildman–Crippen LogP) is 3.59. The molecule has 0 aliphatic carbocycles. The van der Waals surface area contributed by atoms with Gasteiger partial charge in [-0.15, -0.1) is 0 Å². The van der Waals surface area contributed by atoms with Crippen molar-refractivity contribution in [3.63, 3.8) is 0 Å². The molecule has 0 N–H and O–H groups in total. The Morgan fingerprint density at radius 1 is 0.536 bits per heavy atom. The van der Waals surface area contributed by atoms with Gasteiger partial charge < -0.3 is 47.4 Å². The third kappa shape index (κ3) is 11.2. The van der Waals surface area contributed by atoms with Gasteiger partial charge in [-0.3, -0.25) is 14.4 Å². The summed E-state index contributed by atoms with van der Waals surface area (Å²) >= 11 is 0. The summed E-state index contributed by atoms with van der Waals surface area (Å²) in [5.41, 5.74) is 0.470. The Morgan fingerprint density at radius 3 is 1.46 bits per heavy atom. The molecule has 0 radical (unpaired) electrons. The van der Waals surface area contributed by atoms with Gasteiger partial charge in [0.2, 0.25) is 0 Å². The van der Waals surface area contributed by atoms with Crippen molar-refractivity contribution in [3.05, 3.63) is 108 Å². The van der Waals surface area contributed by atoms with Gasteiger partial charge in [0, 0.05) is 34.3 Å². The molecule has 298 valence electrons. The van der Waals surface area contributed by atoms with Gasteiger partial charge in [0.25, 0.3) is 0 Å². The summed E-state index contributed by atoms with van der Waals surface area (Å²) < 4.78 is 58.0. The molecule has 0 aromatic heterocycles. The molecule has 0 bridgehead atoms. The van der Waals surface area contributed by atoms with Crippen LogP contribution in [0.4, 0.5) is 0 Å². The fourth-order valence-electron chi connectivity index (χ4n) is 6.11. The number of hydrogen-bond acceptors (Lipinski definition) is 16. The highest BCUT2D eigenvalue weighted by molar-refractivity contribution is 5.91. The third-order valence-corrected chi connectivity index (χ3v) is 8.58. The predicted molar refractivity (Wildman–Crippen MR) is 190 cm³/mol. The highest BCUT2D eigenvalue weighted by Gasteiger charge is 2.54. The largest absolute Gasteiger partial charge is 0.463 e. The summed E-state index contributed by atoms with van der Waals surface area (Å²) in [5, 5.41) is 0. The average Bonchev–Trinajstić information content (AvgIpc) is 3.19. The number of methoxy groups -OCH3 is 1. The molecule has 0 spiro atoms. The van der Waals surface area contributed by atoms with E-state index in [1.807, 2.05) is 0 Å². The van der Waals surface area contributed by atoms with Crippen molar-refractivity contribution in [2.45, 2.75) is 82.5 Å². The van der Waals surface area contributed by atoms with Crippen LogP contribution in [0.15, 0.2) is 91.0 Å². The standard InChI is InChI=1S/C40H42O16/c1-23(41)48-21-30-33(51-25(3)43)29(50-24(2)42)20-32(52-30)49-22-31-34(54-37(44)26-14-8-5-9-15-26)35(55-38(45)27-16-10-6-11-17-27)36(40(47-4)53-31)56-39(46)28-18-12-7-13-19-28/h5-19,29-36,40H,20-22H2,1-4H3/t29-,30-,31-,32+,33-,34-,35+,36-,40+/m1/s1. The molecule has 9 atom stereocenters. The third-order valence-electron chi connectivity index (χ3n) is 8.58. The lowest BCUT2D eigenvalue weighted by atomic mass is 9.97. The molecule has 5 rings (SSSR count). The average molecular weight is 779 g/mol. The molecule has 2 heterocycles. The summed E-state index contributed by atoms with van der Waals surface area (Å²) in [6.45, 7) is 2.67. The molecule has 2 saturated heterocycles. The Bertz CT molecular complexity index is 1800. The van der Waals surface area contributed by atoms with Crippen LogP contribution in [0.25, 0.3) is 0 Å². The zero-order valence-corrected chi connectivity index (χ0v) is 31.0. The monoisotopic (exact) mass is 778 g/mol. The summed E-state index contributed by atoms with van der Waals surface area (Å²) in [4.78, 5) is 76.6. The lowest BCUT2D eigenvalue weighted by Gasteiger charge is -2.45. The zero-order chi connectivity index (χ0) is 40.2. The van der Waals surface area contributed by atoms with E-state index in [1.165, 1.54) is 57.4 Å². The van der Waals surface area contributed by atoms with Gasteiger partial charge in [-0.1, -0.05) is 54.6 Å². The van der Waals surface area contributed by atoms with Gasteiger partial charge in [0.05, 0.1) is 23.3 Å². The number of ether oxygens (including phenoxy) is 10. The molecule has 2 aliphatic rings. The fourth-order valence-corrected chi connectivity index (χ4v) is 6.11. The molecular weight excluding hydrogens is 736 g/mol. The molecule has 3 aromatic rings. The normalized spacial score (nSPS) is 25.8. The summed E-state index contributed by atoms with van der Waals surface area (Å²) in [7, 11) is 1.28. The Balaban J connectivity index is 1.48. The number of carbonyl (C=O) groups excluding carboxylic acids is 6. The van der Waals surface area contributed by atoms with E-state index in [2.05, 4.69) is 0 Å². The van der Waals surface area contributed by atoms with E-state index < -0.39 is 97.7 Å². The van der Waals surface area contributed by atoms with Crippen molar-refractivity contribution >= 4 is 35.8 Å². The van der Waals surface area contributed by atoms with Crippen LogP contribution >= 0.6 is 0 Å². The molecule has 56 heavy (non-hydrogen) atoms. The van der Waals surface area contributed by atoms with Gasteiger partial charge >= 0.3 is 35.8 Å². The van der Waals surface area contributed by atoms with Gasteiger partial charge in [0.15, 0.2) is 37.0 Å². The van der Waals surface area contributed by atoms with Crippen molar-refractivity contribution in [1.82, 2.24) is 0 Å². The molecule has 0 unspecified atom stereocenters. The van der Waals surface area contributed by atoms with E-state index in [0.29, 0.717) is 0 Å². The van der Waals surface area contributed by atoms with Crippen molar-refractivity contribution in [2.24, 2.45) is 0 Å². The highest BCUT2D eigenvalue weighted by atomic mass is 16.7. The quantitative estimate of drug-likeness (QED) is 0.170. The Hall–Kier alpha value is -5.68. The number of carbonyl (C=O) groups is 6. The maximum atomic E-state index is 13.7. The molecule has 3 aromatic carbocycles. The first-order valence-corrected chi connectivity index (χ1v) is 17.6. The first-order chi connectivity index (χ1) is 26.9. The van der Waals surface area contributed by atoms with Crippen molar-refractivity contribution in [3.8, 4) is 0 Å². The van der Waals surface area contributed by atoms with Crippen molar-refractivity contribution in [1.29, 1.82) is 0 Å². The Morgan fingerprint density at radius 2 is 1.00 bits per heavy atom. The summed E-state index contributed by atoms with van der Waals surface area (Å²) in [6.07, 6.45) is -12.0. The van der Waals surface area contributed by atoms with E-state index in [0.717, 1.165) is 6.92 Å². The van der Waals surface area contributed by atoms with Gasteiger partial charge in [-0.25, -0.2) is 14.4 Å². The van der Waals surface area contributed by atoms with Crippen LogP contribution < -0.4 is 0 Å². The van der Waals surface area contributed by atoms with Crippen LogP contribution in [0.5, 0.6) is 0 Å². The number of hydrogen-bond donors (Lipinski definition) is 0. The second-order valence-electron chi connectivity index (χ2n) is 12.7. The first kappa shape index (κ1) is 41.5. The molecular formula is C40H42O16. The van der Waals surface area contributed by atoms with Gasteiger partial charge in [0.1, 0.15) is 24.9 Å². The van der Waals surface area contributed by atoms with E-state index in [9.17, 15) is 28.8 Å². The van der Waals surface area contributed by atoms with Crippen molar-refractivity contribution < 1.29 is 76.1 Å². The number of esters is 6. The van der Waals surface area contributed by atoms with Gasteiger partial charge in [-0.2, -0.15) is 0 Å². The number of rotatable bonds is 14. The smallest absolute Gasteiger partial charge is 0.338 e. The van der Waals surface area contributed by atoms with Crippen molar-refractivity contribution in [2.75, 3.05) is 20.3 Å². The van der Waals surface area contributed by atoms with Crippen LogP contribution in [0, 0.1) is 0 Å². The minimum absolute atomic E-state index is 0.148. The second kappa shape index (κ2) is 19.8. The second-order valence-corrected chi connectivity index (χ2v) is 12.7. The minimum Gasteiger partial charge on any atom is -0.463 e. The van der Waals surface area contributed by atoms with E-state index >= 15 is 0 Å². The van der Waals surface area contributed by atoms with E-state index in [1.54, 1.807) is 54.6 Å². The van der Waals surface area contributed by atoms with E-state index in [4.69, 9.17) is 47.4 Å². The lowest BCUT2D eigenvalue weighted by Crippen LogP contribution is -2.63. The van der Waals surface area contributed by atoms with Gasteiger partial charge in [-0.05, 0) is 36.4 Å². The SMILES string of the molecule is CO[C@H]1O[C@H](CO[C@@H]2C[C@@H](OC(C)=O)[C@@H](OC(C)=O)[C@@H](COC(C)=O)O2)[C@@H](OC(=O)c2ccccc2)[C@H](OC(=O)c2ccccc2)[C@H]1OC(=O)c1ccccc1. The minimum atomic E-state index is -1.54.